The molecule has 0 amide bonds. The fourth-order valence-corrected chi connectivity index (χ4v) is 4.52. The molecule has 0 saturated heterocycles. The fraction of sp³-hybridized carbons (Fsp3) is 0.233. The molecule has 1 heterocycles. The molecule has 0 bridgehead atoms. The Morgan fingerprint density at radius 2 is 1.95 bits per heavy atom. The molecule has 0 unspecified atom stereocenters. The summed E-state index contributed by atoms with van der Waals surface area (Å²) in [5, 5.41) is 16.2. The summed E-state index contributed by atoms with van der Waals surface area (Å²) in [5.74, 6) is 1.48. The van der Waals surface area contributed by atoms with Crippen LogP contribution in [0, 0.1) is 10.1 Å². The van der Waals surface area contributed by atoms with Gasteiger partial charge in [0.25, 0.3) is 11.2 Å². The molecule has 0 atom stereocenters. The largest absolute Gasteiger partial charge is 0.493 e. The van der Waals surface area contributed by atoms with Crippen LogP contribution in [0.15, 0.2) is 81.6 Å². The maximum Gasteiger partial charge on any atom is 0.282 e. The lowest BCUT2D eigenvalue weighted by atomic mass is 9.95. The number of ether oxygens (including phenoxy) is 2. The Bertz CT molecular complexity index is 1690. The molecule has 3 aromatic carbocycles. The molecule has 0 fully saturated rings. The van der Waals surface area contributed by atoms with Gasteiger partial charge in [-0.05, 0) is 47.9 Å². The number of allylic oxidation sites excluding steroid dienone is 1. The van der Waals surface area contributed by atoms with Gasteiger partial charge in [-0.3, -0.25) is 14.9 Å². The first-order chi connectivity index (χ1) is 19.0. The second-order valence-corrected chi connectivity index (χ2v) is 11.0. The minimum atomic E-state index is -0.451. The van der Waals surface area contributed by atoms with Gasteiger partial charge < -0.3 is 9.47 Å². The molecule has 0 aliphatic rings. The highest BCUT2D eigenvalue weighted by molar-refractivity contribution is 9.10. The molecule has 0 N–H and O–H groups in total. The van der Waals surface area contributed by atoms with Gasteiger partial charge in [0.15, 0.2) is 11.5 Å². The summed E-state index contributed by atoms with van der Waals surface area (Å²) in [5.41, 5.74) is 1.98. The van der Waals surface area contributed by atoms with E-state index in [1.165, 1.54) is 23.9 Å². The van der Waals surface area contributed by atoms with Crippen molar-refractivity contribution in [2.75, 3.05) is 7.11 Å². The number of aromatic nitrogens is 2. The van der Waals surface area contributed by atoms with Gasteiger partial charge in [-0.2, -0.15) is 9.78 Å². The molecule has 1 aromatic heterocycles. The van der Waals surface area contributed by atoms with Crippen LogP contribution in [0.25, 0.3) is 10.9 Å². The van der Waals surface area contributed by atoms with E-state index in [9.17, 15) is 14.9 Å². The van der Waals surface area contributed by atoms with Crippen molar-refractivity contribution in [2.24, 2.45) is 5.10 Å². The molecule has 9 nitrogen and oxygen atoms in total. The second kappa shape index (κ2) is 11.8. The van der Waals surface area contributed by atoms with E-state index in [1.807, 2.05) is 39.0 Å². The maximum atomic E-state index is 13.5. The zero-order chi connectivity index (χ0) is 29.0. The van der Waals surface area contributed by atoms with Crippen molar-refractivity contribution in [3.63, 3.8) is 0 Å². The average molecular weight is 605 g/mol. The number of halogens is 1. The summed E-state index contributed by atoms with van der Waals surface area (Å²) in [6.07, 6.45) is 3.80. The van der Waals surface area contributed by atoms with E-state index in [0.717, 1.165) is 10.0 Å². The van der Waals surface area contributed by atoms with Crippen molar-refractivity contribution in [2.45, 2.75) is 39.2 Å². The normalized spacial score (nSPS) is 11.6. The predicted octanol–water partition coefficient (Wildman–Crippen LogP) is 6.56. The Kier molecular flexibility index (Phi) is 8.49. The summed E-state index contributed by atoms with van der Waals surface area (Å²) in [4.78, 5) is 28.9. The standard InChI is InChI=1S/C30H29BrN4O5/c1-6-8-21-13-20(15-26(39-5)27(21)40-18-19-9-7-10-23(14-19)35(37)38)17-32-34-28(36)24-16-22(31)11-12-25(24)33-29(34)30(2,3)4/h6-7,9-17H,1,8,18H2,2-5H3. The lowest BCUT2D eigenvalue weighted by molar-refractivity contribution is -0.384. The van der Waals surface area contributed by atoms with Crippen molar-refractivity contribution in [1.29, 1.82) is 0 Å². The van der Waals surface area contributed by atoms with Gasteiger partial charge in [-0.15, -0.1) is 6.58 Å². The number of non-ortho nitro benzene ring substituents is 1. The monoisotopic (exact) mass is 604 g/mol. The Labute approximate surface area is 240 Å². The molecule has 0 saturated carbocycles. The van der Waals surface area contributed by atoms with Crippen molar-refractivity contribution in [3.05, 3.63) is 115 Å². The lowest BCUT2D eigenvalue weighted by Crippen LogP contribution is -2.29. The van der Waals surface area contributed by atoms with E-state index in [1.54, 1.807) is 36.6 Å². The predicted molar refractivity (Wildman–Crippen MR) is 160 cm³/mol. The van der Waals surface area contributed by atoms with Gasteiger partial charge in [0, 0.05) is 27.6 Å². The molecule has 0 spiro atoms. The van der Waals surface area contributed by atoms with Gasteiger partial charge in [0.05, 0.1) is 29.2 Å². The summed E-state index contributed by atoms with van der Waals surface area (Å²) in [6, 6.07) is 15.3. The quantitative estimate of drug-likeness (QED) is 0.0925. The molecule has 4 rings (SSSR count). The van der Waals surface area contributed by atoms with Crippen LogP contribution in [0.1, 0.15) is 43.3 Å². The smallest absolute Gasteiger partial charge is 0.282 e. The van der Waals surface area contributed by atoms with E-state index in [0.29, 0.717) is 45.8 Å². The summed E-state index contributed by atoms with van der Waals surface area (Å²) >= 11 is 3.43. The number of nitro groups is 1. The fourth-order valence-electron chi connectivity index (χ4n) is 4.16. The van der Waals surface area contributed by atoms with Gasteiger partial charge in [0.2, 0.25) is 0 Å². The van der Waals surface area contributed by atoms with Crippen molar-refractivity contribution in [1.82, 2.24) is 9.66 Å². The first-order valence-electron chi connectivity index (χ1n) is 12.5. The number of rotatable bonds is 9. The summed E-state index contributed by atoms with van der Waals surface area (Å²) in [6.45, 7) is 9.89. The number of nitrogens with zero attached hydrogens (tertiary/aromatic N) is 4. The molecule has 40 heavy (non-hydrogen) atoms. The van der Waals surface area contributed by atoms with E-state index in [-0.39, 0.29) is 17.9 Å². The van der Waals surface area contributed by atoms with Crippen molar-refractivity contribution >= 4 is 38.7 Å². The van der Waals surface area contributed by atoms with Crippen molar-refractivity contribution < 1.29 is 14.4 Å². The third-order valence-electron chi connectivity index (χ3n) is 6.04. The highest BCUT2D eigenvalue weighted by atomic mass is 79.9. The van der Waals surface area contributed by atoms with Crippen LogP contribution in [0.4, 0.5) is 5.69 Å². The number of methoxy groups -OCH3 is 1. The third-order valence-corrected chi connectivity index (χ3v) is 6.54. The van der Waals surface area contributed by atoms with Crippen LogP contribution in [-0.4, -0.2) is 27.9 Å². The van der Waals surface area contributed by atoms with Crippen LogP contribution < -0.4 is 15.0 Å². The molecular formula is C30H29BrN4O5. The molecule has 4 aromatic rings. The van der Waals surface area contributed by atoms with Crippen molar-refractivity contribution in [3.8, 4) is 11.5 Å². The molecule has 206 valence electrons. The van der Waals surface area contributed by atoms with E-state index >= 15 is 0 Å². The van der Waals surface area contributed by atoms with E-state index in [4.69, 9.17) is 14.5 Å². The van der Waals surface area contributed by atoms with E-state index in [2.05, 4.69) is 27.6 Å². The Morgan fingerprint density at radius 3 is 2.62 bits per heavy atom. The Morgan fingerprint density at radius 1 is 1.18 bits per heavy atom. The summed E-state index contributed by atoms with van der Waals surface area (Å²) in [7, 11) is 1.53. The average Bonchev–Trinajstić information content (AvgIpc) is 2.91. The number of hydrogen-bond donors (Lipinski definition) is 0. The maximum absolute atomic E-state index is 13.5. The zero-order valence-corrected chi connectivity index (χ0v) is 24.3. The molecule has 0 radical (unpaired) electrons. The second-order valence-electron chi connectivity index (χ2n) is 10.1. The topological polar surface area (TPSA) is 109 Å². The molecule has 10 heteroatoms. The van der Waals surface area contributed by atoms with Crippen LogP contribution in [0.5, 0.6) is 11.5 Å². The molecule has 0 aliphatic heterocycles. The van der Waals surface area contributed by atoms with Crippen LogP contribution in [0.2, 0.25) is 0 Å². The number of benzene rings is 3. The SMILES string of the molecule is C=CCc1cc(C=Nn2c(C(C)(C)C)nc3ccc(Br)cc3c2=O)cc(OC)c1OCc1cccc([N+](=O)[O-])c1. The first-order valence-corrected chi connectivity index (χ1v) is 13.3. The Balaban J connectivity index is 1.75. The minimum absolute atomic E-state index is 0.00801. The summed E-state index contributed by atoms with van der Waals surface area (Å²) < 4.78 is 13.8. The van der Waals surface area contributed by atoms with Gasteiger partial charge in [-0.25, -0.2) is 4.98 Å². The lowest BCUT2D eigenvalue weighted by Gasteiger charge is -2.21. The van der Waals surface area contributed by atoms with Crippen LogP contribution >= 0.6 is 15.9 Å². The van der Waals surface area contributed by atoms with Crippen LogP contribution in [0.3, 0.4) is 0 Å². The number of fused-ring (bicyclic) bond motifs is 1. The highest BCUT2D eigenvalue weighted by Crippen LogP contribution is 2.34. The van der Waals surface area contributed by atoms with E-state index < -0.39 is 10.3 Å². The highest BCUT2D eigenvalue weighted by Gasteiger charge is 2.23. The first kappa shape index (κ1) is 28.7. The number of hydrogen-bond acceptors (Lipinski definition) is 7. The van der Waals surface area contributed by atoms with Gasteiger partial charge in [-0.1, -0.05) is 54.9 Å². The third kappa shape index (κ3) is 6.28. The number of nitro benzene ring substituents is 1. The Hall–Kier alpha value is -4.31. The molecular weight excluding hydrogens is 576 g/mol. The zero-order valence-electron chi connectivity index (χ0n) is 22.7. The minimum Gasteiger partial charge on any atom is -0.493 e. The van der Waals surface area contributed by atoms with Gasteiger partial charge in [0.1, 0.15) is 12.4 Å². The molecule has 0 aliphatic carbocycles. The van der Waals surface area contributed by atoms with Gasteiger partial charge >= 0.3 is 0 Å². The van der Waals surface area contributed by atoms with Crippen LogP contribution in [-0.2, 0) is 18.4 Å².